The molecular weight excluding hydrogens is 248 g/mol. The Balaban J connectivity index is 1.88. The summed E-state index contributed by atoms with van der Waals surface area (Å²) >= 11 is 0. The van der Waals surface area contributed by atoms with E-state index >= 15 is 0 Å². The summed E-state index contributed by atoms with van der Waals surface area (Å²) in [5.41, 5.74) is 2.06. The molecule has 0 radical (unpaired) electrons. The second-order valence-electron chi connectivity index (χ2n) is 6.27. The zero-order chi connectivity index (χ0) is 14.5. The number of hydrogen-bond acceptors (Lipinski definition) is 1. The summed E-state index contributed by atoms with van der Waals surface area (Å²) in [7, 11) is 0. The lowest BCUT2D eigenvalue weighted by Gasteiger charge is -2.28. The Morgan fingerprint density at radius 2 is 2.10 bits per heavy atom. The molecule has 1 aromatic rings. The van der Waals surface area contributed by atoms with E-state index in [1.807, 2.05) is 38.1 Å². The van der Waals surface area contributed by atoms with E-state index in [1.54, 1.807) is 0 Å². The second kappa shape index (κ2) is 6.89. The van der Waals surface area contributed by atoms with Crippen LogP contribution in [0.4, 0.5) is 5.69 Å². The van der Waals surface area contributed by atoms with Gasteiger partial charge in [0, 0.05) is 11.6 Å². The third-order valence-corrected chi connectivity index (χ3v) is 4.41. The molecule has 3 N–H and O–H groups in total. The maximum atomic E-state index is 12.3. The molecule has 3 nitrogen and oxygen atoms in total. The standard InChI is InChI=1S/C17H26N2O/c1-12-7-6-9-15(11-12)19-17(20)14(3)18-16-10-5-4-8-13(16)2/h6-7,9,11,13-14,16,18H,4-5,8,10H2,1-3H3,(H,19,20)/p+1/t13-,14-,16+/m0/s1. The van der Waals surface area contributed by atoms with Crippen LogP contribution in [0.2, 0.25) is 0 Å². The number of rotatable bonds is 4. The highest BCUT2D eigenvalue weighted by Crippen LogP contribution is 2.21. The van der Waals surface area contributed by atoms with Gasteiger partial charge in [-0.2, -0.15) is 0 Å². The smallest absolute Gasteiger partial charge is 0.282 e. The molecule has 0 unspecified atom stereocenters. The van der Waals surface area contributed by atoms with E-state index in [0.29, 0.717) is 6.04 Å². The second-order valence-corrected chi connectivity index (χ2v) is 6.27. The minimum Gasteiger partial charge on any atom is -0.334 e. The number of anilines is 1. The van der Waals surface area contributed by atoms with Gasteiger partial charge in [-0.15, -0.1) is 0 Å². The summed E-state index contributed by atoms with van der Waals surface area (Å²) in [6.45, 7) is 6.35. The molecule has 1 saturated carbocycles. The largest absolute Gasteiger partial charge is 0.334 e. The Bertz CT molecular complexity index is 458. The number of amides is 1. The zero-order valence-corrected chi connectivity index (χ0v) is 12.9. The Kier molecular flexibility index (Phi) is 5.18. The summed E-state index contributed by atoms with van der Waals surface area (Å²) in [5.74, 6) is 0.825. The van der Waals surface area contributed by atoms with Crippen molar-refractivity contribution in [3.63, 3.8) is 0 Å². The predicted molar refractivity (Wildman–Crippen MR) is 82.6 cm³/mol. The van der Waals surface area contributed by atoms with Crippen LogP contribution < -0.4 is 10.6 Å². The van der Waals surface area contributed by atoms with Gasteiger partial charge in [-0.1, -0.05) is 25.5 Å². The number of quaternary nitrogens is 1. The van der Waals surface area contributed by atoms with Gasteiger partial charge in [-0.25, -0.2) is 0 Å². The first kappa shape index (κ1) is 15.0. The minimum absolute atomic E-state index is 0.0268. The Hall–Kier alpha value is -1.35. The van der Waals surface area contributed by atoms with Gasteiger partial charge in [0.15, 0.2) is 6.04 Å². The van der Waals surface area contributed by atoms with E-state index in [2.05, 4.69) is 17.6 Å². The monoisotopic (exact) mass is 275 g/mol. The van der Waals surface area contributed by atoms with Crippen LogP contribution >= 0.6 is 0 Å². The molecule has 0 spiro atoms. The predicted octanol–water partition coefficient (Wildman–Crippen LogP) is 2.46. The zero-order valence-electron chi connectivity index (χ0n) is 12.9. The lowest BCUT2D eigenvalue weighted by Crippen LogP contribution is -2.97. The molecule has 1 aromatic carbocycles. The fourth-order valence-corrected chi connectivity index (χ4v) is 3.07. The molecule has 0 saturated heterocycles. The van der Waals surface area contributed by atoms with Crippen molar-refractivity contribution in [3.8, 4) is 0 Å². The lowest BCUT2D eigenvalue weighted by atomic mass is 9.85. The minimum atomic E-state index is -0.0268. The number of aryl methyl sites for hydroxylation is 1. The number of benzene rings is 1. The number of carbonyl (C=O) groups excluding carboxylic acids is 1. The highest BCUT2D eigenvalue weighted by Gasteiger charge is 2.28. The molecule has 2 rings (SSSR count). The van der Waals surface area contributed by atoms with Gasteiger partial charge in [-0.3, -0.25) is 4.79 Å². The van der Waals surface area contributed by atoms with Crippen molar-refractivity contribution in [2.24, 2.45) is 5.92 Å². The summed E-state index contributed by atoms with van der Waals surface area (Å²) in [4.78, 5) is 12.3. The van der Waals surface area contributed by atoms with E-state index < -0.39 is 0 Å². The normalized spacial score (nSPS) is 24.1. The van der Waals surface area contributed by atoms with Crippen LogP contribution in [0.15, 0.2) is 24.3 Å². The SMILES string of the molecule is Cc1cccc(NC(=O)[C@H](C)[NH2+][C@@H]2CCCC[C@@H]2C)c1. The Labute approximate surface area is 122 Å². The molecule has 20 heavy (non-hydrogen) atoms. The number of nitrogens with one attached hydrogen (secondary N) is 1. The van der Waals surface area contributed by atoms with Gasteiger partial charge in [-0.05, 0) is 50.8 Å². The highest BCUT2D eigenvalue weighted by atomic mass is 16.2. The van der Waals surface area contributed by atoms with Crippen LogP contribution in [0.5, 0.6) is 0 Å². The van der Waals surface area contributed by atoms with Gasteiger partial charge in [0.25, 0.3) is 5.91 Å². The van der Waals surface area contributed by atoms with E-state index in [0.717, 1.165) is 11.6 Å². The molecule has 3 atom stereocenters. The summed E-state index contributed by atoms with van der Waals surface area (Å²) in [5, 5.41) is 5.28. The molecule has 0 aromatic heterocycles. The Morgan fingerprint density at radius 1 is 1.35 bits per heavy atom. The molecule has 1 aliphatic rings. The van der Waals surface area contributed by atoms with Crippen molar-refractivity contribution in [3.05, 3.63) is 29.8 Å². The van der Waals surface area contributed by atoms with E-state index in [9.17, 15) is 4.79 Å². The van der Waals surface area contributed by atoms with Gasteiger partial charge >= 0.3 is 0 Å². The van der Waals surface area contributed by atoms with Crippen molar-refractivity contribution in [2.45, 2.75) is 58.5 Å². The summed E-state index contributed by atoms with van der Waals surface area (Å²) < 4.78 is 0. The topological polar surface area (TPSA) is 45.7 Å². The van der Waals surface area contributed by atoms with E-state index in [4.69, 9.17) is 0 Å². The highest BCUT2D eigenvalue weighted by molar-refractivity contribution is 5.93. The molecule has 110 valence electrons. The maximum absolute atomic E-state index is 12.3. The molecule has 1 aliphatic carbocycles. The molecular formula is C17H27N2O+. The Morgan fingerprint density at radius 3 is 2.80 bits per heavy atom. The first-order valence-corrected chi connectivity index (χ1v) is 7.79. The maximum Gasteiger partial charge on any atom is 0.282 e. The van der Waals surface area contributed by atoms with Crippen LogP contribution in [0.3, 0.4) is 0 Å². The van der Waals surface area contributed by atoms with E-state index in [-0.39, 0.29) is 11.9 Å². The molecule has 0 bridgehead atoms. The van der Waals surface area contributed by atoms with Crippen LogP contribution in [0.25, 0.3) is 0 Å². The number of hydrogen-bond donors (Lipinski definition) is 2. The van der Waals surface area contributed by atoms with Crippen LogP contribution in [0, 0.1) is 12.8 Å². The van der Waals surface area contributed by atoms with Gasteiger partial charge < -0.3 is 10.6 Å². The molecule has 0 heterocycles. The van der Waals surface area contributed by atoms with Gasteiger partial charge in [0.05, 0.1) is 6.04 Å². The quantitative estimate of drug-likeness (QED) is 0.871. The number of carbonyl (C=O) groups is 1. The molecule has 0 aliphatic heterocycles. The van der Waals surface area contributed by atoms with Crippen LogP contribution in [-0.2, 0) is 4.79 Å². The average molecular weight is 275 g/mol. The van der Waals surface area contributed by atoms with Gasteiger partial charge in [0.1, 0.15) is 0 Å². The van der Waals surface area contributed by atoms with Crippen molar-refractivity contribution in [1.82, 2.24) is 0 Å². The molecule has 1 amide bonds. The average Bonchev–Trinajstić information content (AvgIpc) is 2.41. The van der Waals surface area contributed by atoms with Crippen molar-refractivity contribution >= 4 is 11.6 Å². The summed E-state index contributed by atoms with van der Waals surface area (Å²) in [6.07, 6.45) is 5.18. The third kappa shape index (κ3) is 4.07. The van der Waals surface area contributed by atoms with Crippen LogP contribution in [-0.4, -0.2) is 18.0 Å². The fourth-order valence-electron chi connectivity index (χ4n) is 3.07. The van der Waals surface area contributed by atoms with Crippen molar-refractivity contribution < 1.29 is 10.1 Å². The number of nitrogens with two attached hydrogens (primary N) is 1. The third-order valence-electron chi connectivity index (χ3n) is 4.41. The molecule has 1 fully saturated rings. The first-order chi connectivity index (χ1) is 9.56. The molecule has 3 heteroatoms. The fraction of sp³-hybridized carbons (Fsp3) is 0.588. The lowest BCUT2D eigenvalue weighted by molar-refractivity contribution is -0.714. The summed E-state index contributed by atoms with van der Waals surface area (Å²) in [6, 6.07) is 8.54. The van der Waals surface area contributed by atoms with Gasteiger partial charge in [0.2, 0.25) is 0 Å². The van der Waals surface area contributed by atoms with E-state index in [1.165, 1.54) is 31.2 Å². The first-order valence-electron chi connectivity index (χ1n) is 7.79. The van der Waals surface area contributed by atoms with Crippen LogP contribution in [0.1, 0.15) is 45.1 Å². The van der Waals surface area contributed by atoms with Crippen molar-refractivity contribution in [1.29, 1.82) is 0 Å². The van der Waals surface area contributed by atoms with Crippen molar-refractivity contribution in [2.75, 3.05) is 5.32 Å².